The summed E-state index contributed by atoms with van der Waals surface area (Å²) in [5.74, 6) is -1.03. The number of carbonyl (C=O) groups is 3. The van der Waals surface area contributed by atoms with Crippen LogP contribution in [0.5, 0.6) is 5.75 Å². The molecule has 1 aromatic rings. The lowest BCUT2D eigenvalue weighted by Crippen LogP contribution is -2.28. The van der Waals surface area contributed by atoms with Crippen LogP contribution < -0.4 is 4.74 Å². The van der Waals surface area contributed by atoms with Crippen molar-refractivity contribution in [3.63, 3.8) is 0 Å². The Hall–Kier alpha value is -2.19. The van der Waals surface area contributed by atoms with E-state index in [1.54, 1.807) is 12.1 Å². The van der Waals surface area contributed by atoms with Gasteiger partial charge in [-0.3, -0.25) is 9.59 Å². The van der Waals surface area contributed by atoms with Crippen molar-refractivity contribution in [1.29, 1.82) is 0 Å². The topological polar surface area (TPSA) is 85.3 Å². The van der Waals surface area contributed by atoms with Crippen molar-refractivity contribution in [2.24, 2.45) is 28.8 Å². The molecule has 7 nitrogen and oxygen atoms in total. The van der Waals surface area contributed by atoms with Crippen LogP contribution in [-0.2, 0) is 19.1 Å². The molecule has 0 unspecified atom stereocenters. The van der Waals surface area contributed by atoms with Crippen molar-refractivity contribution in [2.45, 2.75) is 6.42 Å². The lowest BCUT2D eigenvalue weighted by molar-refractivity contribution is -0.143. The molecule has 2 bridgehead atoms. The van der Waals surface area contributed by atoms with Gasteiger partial charge < -0.3 is 9.47 Å². The number of carbonyl (C=O) groups excluding carboxylic acids is 3. The zero-order valence-corrected chi connectivity index (χ0v) is 17.1. The van der Waals surface area contributed by atoms with Gasteiger partial charge in [0, 0.05) is 0 Å². The van der Waals surface area contributed by atoms with Crippen LogP contribution in [0, 0.1) is 23.7 Å². The molecule has 0 spiro atoms. The van der Waals surface area contributed by atoms with Crippen LogP contribution in [0.4, 0.5) is 0 Å². The number of ether oxygens (including phenoxy) is 2. The van der Waals surface area contributed by atoms with Gasteiger partial charge in [-0.1, -0.05) is 23.8 Å². The first-order chi connectivity index (χ1) is 13.4. The Kier molecular flexibility index (Phi) is 5.01. The van der Waals surface area contributed by atoms with Crippen LogP contribution in [0.15, 0.2) is 33.9 Å². The van der Waals surface area contributed by atoms with Gasteiger partial charge in [-0.05, 0) is 51.9 Å². The highest BCUT2D eigenvalue weighted by Gasteiger charge is 2.59. The Morgan fingerprint density at radius 1 is 1.29 bits per heavy atom. The fraction of sp³-hybridized carbons (Fsp3) is 0.368. The van der Waals surface area contributed by atoms with E-state index in [2.05, 4.69) is 25.8 Å². The van der Waals surface area contributed by atoms with Gasteiger partial charge in [0.25, 0.3) is 11.8 Å². The summed E-state index contributed by atoms with van der Waals surface area (Å²) in [4.78, 5) is 36.5. The number of imide groups is 1. The van der Waals surface area contributed by atoms with E-state index in [0.29, 0.717) is 10.0 Å². The fourth-order valence-corrected chi connectivity index (χ4v) is 5.10. The van der Waals surface area contributed by atoms with Crippen molar-refractivity contribution in [2.75, 3.05) is 13.7 Å². The number of methoxy groups -OCH3 is 1. The average molecular weight is 468 g/mol. The molecular formula is C19H16BrClN2O5. The second-order valence-corrected chi connectivity index (χ2v) is 8.17. The third-order valence-electron chi connectivity index (χ3n) is 5.35. The second kappa shape index (κ2) is 7.33. The third-order valence-corrected chi connectivity index (χ3v) is 6.22. The number of halogens is 2. The molecule has 1 saturated heterocycles. The molecule has 3 aliphatic rings. The van der Waals surface area contributed by atoms with E-state index in [4.69, 9.17) is 16.3 Å². The van der Waals surface area contributed by atoms with E-state index in [0.717, 1.165) is 11.4 Å². The van der Waals surface area contributed by atoms with E-state index in [-0.39, 0.29) is 52.9 Å². The number of nitrogens with zero attached hydrogens (tertiary/aromatic N) is 2. The molecule has 4 rings (SSSR count). The zero-order valence-electron chi connectivity index (χ0n) is 14.8. The van der Waals surface area contributed by atoms with Gasteiger partial charge in [0.15, 0.2) is 12.4 Å². The van der Waals surface area contributed by atoms with Crippen molar-refractivity contribution in [1.82, 2.24) is 5.01 Å². The van der Waals surface area contributed by atoms with Crippen LogP contribution in [-0.4, -0.2) is 42.7 Å². The number of hydrogen-bond donors (Lipinski definition) is 0. The predicted octanol–water partition coefficient (Wildman–Crippen LogP) is 2.80. The van der Waals surface area contributed by atoms with Gasteiger partial charge in [0.05, 0.1) is 34.7 Å². The molecule has 1 aliphatic heterocycles. The molecule has 0 aromatic heterocycles. The summed E-state index contributed by atoms with van der Waals surface area (Å²) in [6.07, 6.45) is 6.36. The molecular weight excluding hydrogens is 452 g/mol. The van der Waals surface area contributed by atoms with Crippen molar-refractivity contribution in [3.8, 4) is 5.75 Å². The lowest BCUT2D eigenvalue weighted by atomic mass is 9.85. The van der Waals surface area contributed by atoms with Gasteiger partial charge >= 0.3 is 5.97 Å². The van der Waals surface area contributed by atoms with Gasteiger partial charge in [0.2, 0.25) is 0 Å². The highest BCUT2D eigenvalue weighted by molar-refractivity contribution is 9.10. The molecule has 1 heterocycles. The van der Waals surface area contributed by atoms with E-state index in [1.165, 1.54) is 13.3 Å². The largest absolute Gasteiger partial charge is 0.479 e. The Bertz CT molecular complexity index is 878. The monoisotopic (exact) mass is 466 g/mol. The number of amides is 2. The maximum absolute atomic E-state index is 12.6. The third kappa shape index (κ3) is 3.14. The minimum absolute atomic E-state index is 0.140. The van der Waals surface area contributed by atoms with Crippen molar-refractivity contribution >= 4 is 51.5 Å². The Morgan fingerprint density at radius 3 is 2.50 bits per heavy atom. The first kappa shape index (κ1) is 19.1. The summed E-state index contributed by atoms with van der Waals surface area (Å²) in [5.41, 5.74) is 0.570. The number of hydrazone groups is 1. The highest BCUT2D eigenvalue weighted by atomic mass is 79.9. The van der Waals surface area contributed by atoms with E-state index in [9.17, 15) is 14.4 Å². The van der Waals surface area contributed by atoms with E-state index < -0.39 is 5.97 Å². The summed E-state index contributed by atoms with van der Waals surface area (Å²) in [6, 6.07) is 3.23. The van der Waals surface area contributed by atoms with Crippen molar-refractivity contribution in [3.05, 3.63) is 39.3 Å². The van der Waals surface area contributed by atoms with Gasteiger partial charge in [-0.2, -0.15) is 10.1 Å². The highest BCUT2D eigenvalue weighted by Crippen LogP contribution is 2.52. The first-order valence-corrected chi connectivity index (χ1v) is 9.86. The summed E-state index contributed by atoms with van der Waals surface area (Å²) in [7, 11) is 1.26. The van der Waals surface area contributed by atoms with Crippen LogP contribution in [0.2, 0.25) is 5.02 Å². The Balaban J connectivity index is 1.50. The molecule has 0 N–H and O–H groups in total. The fourth-order valence-electron chi connectivity index (χ4n) is 4.11. The van der Waals surface area contributed by atoms with Crippen LogP contribution >= 0.6 is 27.5 Å². The quantitative estimate of drug-likeness (QED) is 0.288. The zero-order chi connectivity index (χ0) is 20.0. The molecule has 2 amide bonds. The molecule has 1 aromatic carbocycles. The number of allylic oxidation sites excluding steroid dienone is 2. The minimum atomic E-state index is -0.534. The van der Waals surface area contributed by atoms with Crippen molar-refractivity contribution < 1.29 is 23.9 Å². The maximum Gasteiger partial charge on any atom is 0.343 e. The predicted molar refractivity (Wildman–Crippen MR) is 104 cm³/mol. The lowest BCUT2D eigenvalue weighted by Gasteiger charge is -2.13. The second-order valence-electron chi connectivity index (χ2n) is 6.91. The van der Waals surface area contributed by atoms with Gasteiger partial charge in [-0.15, -0.1) is 0 Å². The molecule has 2 fully saturated rings. The summed E-state index contributed by atoms with van der Waals surface area (Å²) < 4.78 is 10.4. The molecule has 0 radical (unpaired) electrons. The number of hydrogen-bond acceptors (Lipinski definition) is 6. The van der Waals surface area contributed by atoms with Gasteiger partial charge in [0.1, 0.15) is 0 Å². The van der Waals surface area contributed by atoms with Crippen LogP contribution in [0.25, 0.3) is 0 Å². The number of fused-ring (bicyclic) bond motifs is 5. The van der Waals surface area contributed by atoms with E-state index in [1.807, 2.05) is 12.2 Å². The molecule has 4 atom stereocenters. The summed E-state index contributed by atoms with van der Waals surface area (Å²) in [5, 5.41) is 5.35. The summed E-state index contributed by atoms with van der Waals surface area (Å²) in [6.45, 7) is -0.280. The SMILES string of the molecule is COC(=O)COc1c(Cl)cc(C=NN2C(=O)[C@@H]3[C@H](C2=O)[C@H]2C=C[C@H]3C2)cc1Br. The maximum atomic E-state index is 12.6. The molecule has 2 aliphatic carbocycles. The normalized spacial score (nSPS) is 27.8. The molecule has 28 heavy (non-hydrogen) atoms. The number of rotatable bonds is 5. The molecule has 1 saturated carbocycles. The smallest absolute Gasteiger partial charge is 0.343 e. The van der Waals surface area contributed by atoms with E-state index >= 15 is 0 Å². The van der Waals surface area contributed by atoms with Crippen LogP contribution in [0.3, 0.4) is 0 Å². The first-order valence-electron chi connectivity index (χ1n) is 8.69. The number of benzene rings is 1. The standard InChI is InChI=1S/C19H16BrClN2O5/c1-27-14(24)8-28-17-12(20)4-9(5-13(17)21)7-22-23-18(25)15-10-2-3-11(6-10)16(15)19(23)26/h2-5,7,10-11,15-16H,6,8H2,1H3/t10-,11-,15-,16+/m0/s1. The van der Waals surface area contributed by atoms with Gasteiger partial charge in [-0.25, -0.2) is 4.79 Å². The molecule has 9 heteroatoms. The number of esters is 1. The Labute approximate surface area is 174 Å². The average Bonchev–Trinajstić information content (AvgIpc) is 3.34. The molecule has 146 valence electrons. The summed E-state index contributed by atoms with van der Waals surface area (Å²) >= 11 is 9.55. The minimum Gasteiger partial charge on any atom is -0.479 e. The Morgan fingerprint density at radius 2 is 1.93 bits per heavy atom. The van der Waals surface area contributed by atoms with Crippen LogP contribution in [0.1, 0.15) is 12.0 Å².